The van der Waals surface area contributed by atoms with Gasteiger partial charge < -0.3 is 19.1 Å². The van der Waals surface area contributed by atoms with Crippen LogP contribution >= 0.6 is 15.9 Å². The second-order valence-corrected chi connectivity index (χ2v) is 8.96. The molecule has 0 aliphatic carbocycles. The summed E-state index contributed by atoms with van der Waals surface area (Å²) in [6.07, 6.45) is 1.46. The van der Waals surface area contributed by atoms with Crippen molar-refractivity contribution in [3.8, 4) is 5.75 Å². The fourth-order valence-corrected chi connectivity index (χ4v) is 3.79. The fraction of sp³-hybridized carbons (Fsp3) is 0.632. The van der Waals surface area contributed by atoms with Crippen molar-refractivity contribution in [2.24, 2.45) is 0 Å². The van der Waals surface area contributed by atoms with Crippen molar-refractivity contribution in [1.29, 1.82) is 0 Å². The van der Waals surface area contributed by atoms with Gasteiger partial charge in [0, 0.05) is 23.0 Å². The van der Waals surface area contributed by atoms with Crippen LogP contribution in [0.5, 0.6) is 5.75 Å². The van der Waals surface area contributed by atoms with Gasteiger partial charge in [0.05, 0.1) is 25.4 Å². The number of halogens is 1. The molecule has 6 heteroatoms. The van der Waals surface area contributed by atoms with E-state index < -0.39 is 5.60 Å². The zero-order valence-electron chi connectivity index (χ0n) is 15.4. The van der Waals surface area contributed by atoms with Crippen LogP contribution in [0.25, 0.3) is 0 Å². The molecule has 0 spiro atoms. The number of ether oxygens (including phenoxy) is 3. The van der Waals surface area contributed by atoms with Crippen molar-refractivity contribution in [3.05, 3.63) is 27.7 Å². The van der Waals surface area contributed by atoms with E-state index in [1.807, 2.05) is 26.8 Å². The van der Waals surface area contributed by atoms with Crippen LogP contribution in [0.1, 0.15) is 45.2 Å². The molecule has 1 saturated heterocycles. The highest BCUT2D eigenvalue weighted by molar-refractivity contribution is 9.10. The number of carbonyl (C=O) groups excluding carboxylic acids is 1. The summed E-state index contributed by atoms with van der Waals surface area (Å²) in [5.74, 6) is 0.953. The van der Waals surface area contributed by atoms with E-state index in [4.69, 9.17) is 14.2 Å². The van der Waals surface area contributed by atoms with Crippen LogP contribution in [0, 0.1) is 0 Å². The average molecular weight is 412 g/mol. The Kier molecular flexibility index (Phi) is 5.04. The van der Waals surface area contributed by atoms with E-state index in [0.29, 0.717) is 19.7 Å². The van der Waals surface area contributed by atoms with Gasteiger partial charge in [-0.3, -0.25) is 0 Å². The first-order chi connectivity index (χ1) is 11.7. The van der Waals surface area contributed by atoms with Gasteiger partial charge in [0.1, 0.15) is 11.4 Å². The quantitative estimate of drug-likeness (QED) is 0.743. The Hall–Kier alpha value is -1.27. The molecule has 2 aliphatic rings. The van der Waals surface area contributed by atoms with E-state index in [1.54, 1.807) is 4.90 Å². The summed E-state index contributed by atoms with van der Waals surface area (Å²) in [4.78, 5) is 14.0. The maximum atomic E-state index is 12.2. The molecule has 0 aromatic heterocycles. The molecule has 5 nitrogen and oxygen atoms in total. The average Bonchev–Trinajstić information content (AvgIpc) is 3.10. The van der Waals surface area contributed by atoms with Crippen molar-refractivity contribution in [1.82, 2.24) is 4.90 Å². The van der Waals surface area contributed by atoms with Gasteiger partial charge in [-0.2, -0.15) is 0 Å². The smallest absolute Gasteiger partial charge is 0.410 e. The van der Waals surface area contributed by atoms with Gasteiger partial charge >= 0.3 is 6.09 Å². The van der Waals surface area contributed by atoms with Crippen LogP contribution in [0.2, 0.25) is 0 Å². The van der Waals surface area contributed by atoms with Gasteiger partial charge in [0.15, 0.2) is 0 Å². The molecule has 0 N–H and O–H groups in total. The normalized spacial score (nSPS) is 22.7. The lowest BCUT2D eigenvalue weighted by molar-refractivity contribution is -0.0380. The van der Waals surface area contributed by atoms with Crippen LogP contribution in [0.15, 0.2) is 16.6 Å². The van der Waals surface area contributed by atoms with Crippen LogP contribution in [-0.4, -0.2) is 41.9 Å². The molecule has 1 aromatic carbocycles. The molecule has 1 atom stereocenters. The van der Waals surface area contributed by atoms with Crippen molar-refractivity contribution in [2.45, 2.75) is 58.3 Å². The Morgan fingerprint density at radius 1 is 1.40 bits per heavy atom. The van der Waals surface area contributed by atoms with Gasteiger partial charge in [-0.15, -0.1) is 0 Å². The molecule has 1 amide bonds. The monoisotopic (exact) mass is 411 g/mol. The first kappa shape index (κ1) is 18.5. The van der Waals surface area contributed by atoms with Gasteiger partial charge in [-0.25, -0.2) is 4.79 Å². The Morgan fingerprint density at radius 3 is 2.88 bits per heavy atom. The number of hydrogen-bond acceptors (Lipinski definition) is 4. The van der Waals surface area contributed by atoms with Gasteiger partial charge in [-0.05, 0) is 51.8 Å². The number of benzene rings is 1. The van der Waals surface area contributed by atoms with Crippen LogP contribution in [0.3, 0.4) is 0 Å². The van der Waals surface area contributed by atoms with Crippen molar-refractivity contribution in [3.63, 3.8) is 0 Å². The predicted molar refractivity (Wildman–Crippen MR) is 99.0 cm³/mol. The molecule has 1 fully saturated rings. The topological polar surface area (TPSA) is 48.0 Å². The number of fused-ring (bicyclic) bond motifs is 1. The van der Waals surface area contributed by atoms with Crippen LogP contribution in [0.4, 0.5) is 4.79 Å². The lowest BCUT2D eigenvalue weighted by atomic mass is 10.1. The Morgan fingerprint density at radius 2 is 2.16 bits per heavy atom. The van der Waals surface area contributed by atoms with Crippen LogP contribution < -0.4 is 4.74 Å². The number of hydrogen-bond donors (Lipinski definition) is 0. The minimum atomic E-state index is -0.481. The molecular formula is C19H26BrNO4. The number of amides is 1. The standard InChI is InChI=1S/C19H26BrNO4/c1-18(2,3)25-17(22)21-7-6-19(4,12-21)24-11-14-10-15(20)9-13-5-8-23-16(13)14/h9-10H,5-8,11-12H2,1-4H3. The lowest BCUT2D eigenvalue weighted by Gasteiger charge is -2.27. The second-order valence-electron chi connectivity index (χ2n) is 8.04. The molecule has 0 saturated carbocycles. The third-order valence-electron chi connectivity index (χ3n) is 4.49. The minimum absolute atomic E-state index is 0.272. The fourth-order valence-electron chi connectivity index (χ4n) is 3.24. The number of rotatable bonds is 3. The maximum absolute atomic E-state index is 12.2. The first-order valence-corrected chi connectivity index (χ1v) is 9.50. The van der Waals surface area contributed by atoms with Crippen LogP contribution in [-0.2, 0) is 22.5 Å². The number of carbonyl (C=O) groups is 1. The summed E-state index contributed by atoms with van der Waals surface area (Å²) in [5.41, 5.74) is 1.43. The van der Waals surface area contributed by atoms with E-state index in [0.717, 1.165) is 35.2 Å². The Balaban J connectivity index is 1.62. The Labute approximate surface area is 157 Å². The van der Waals surface area contributed by atoms with E-state index >= 15 is 0 Å². The van der Waals surface area contributed by atoms with E-state index in [-0.39, 0.29) is 11.7 Å². The molecule has 1 unspecified atom stereocenters. The summed E-state index contributed by atoms with van der Waals surface area (Å²) in [6.45, 7) is 10.1. The van der Waals surface area contributed by atoms with E-state index in [1.165, 1.54) is 5.56 Å². The molecule has 1 aromatic rings. The highest BCUT2D eigenvalue weighted by Crippen LogP contribution is 2.35. The largest absolute Gasteiger partial charge is 0.493 e. The SMILES string of the molecule is CC(C)(C)OC(=O)N1CCC(C)(OCc2cc(Br)cc3c2OCC3)C1. The zero-order valence-corrected chi connectivity index (χ0v) is 16.9. The molecule has 0 radical (unpaired) electrons. The molecule has 2 aliphatic heterocycles. The third kappa shape index (κ3) is 4.47. The van der Waals surface area contributed by atoms with Crippen molar-refractivity contribution < 1.29 is 19.0 Å². The maximum Gasteiger partial charge on any atom is 0.410 e. The van der Waals surface area contributed by atoms with Gasteiger partial charge in [-0.1, -0.05) is 15.9 Å². The molecule has 138 valence electrons. The van der Waals surface area contributed by atoms with Gasteiger partial charge in [0.25, 0.3) is 0 Å². The Bertz CT molecular complexity index is 670. The summed E-state index contributed by atoms with van der Waals surface area (Å²) in [6, 6.07) is 4.15. The molecular weight excluding hydrogens is 386 g/mol. The van der Waals surface area contributed by atoms with Gasteiger partial charge in [0.2, 0.25) is 0 Å². The van der Waals surface area contributed by atoms with E-state index in [9.17, 15) is 4.79 Å². The third-order valence-corrected chi connectivity index (χ3v) is 4.95. The molecule has 2 heterocycles. The zero-order chi connectivity index (χ0) is 18.2. The highest BCUT2D eigenvalue weighted by atomic mass is 79.9. The number of nitrogens with zero attached hydrogens (tertiary/aromatic N) is 1. The van der Waals surface area contributed by atoms with E-state index in [2.05, 4.69) is 28.9 Å². The second kappa shape index (κ2) is 6.80. The number of likely N-dealkylation sites (tertiary alicyclic amines) is 1. The lowest BCUT2D eigenvalue weighted by Crippen LogP contribution is -2.39. The summed E-state index contributed by atoms with van der Waals surface area (Å²) < 4.78 is 18.5. The van der Waals surface area contributed by atoms with Crippen molar-refractivity contribution >= 4 is 22.0 Å². The first-order valence-electron chi connectivity index (χ1n) is 8.71. The predicted octanol–water partition coefficient (Wildman–Crippen LogP) is 4.30. The summed E-state index contributed by atoms with van der Waals surface area (Å²) in [7, 11) is 0. The highest BCUT2D eigenvalue weighted by Gasteiger charge is 2.39. The molecule has 25 heavy (non-hydrogen) atoms. The summed E-state index contributed by atoms with van der Waals surface area (Å²) >= 11 is 3.56. The summed E-state index contributed by atoms with van der Waals surface area (Å²) in [5, 5.41) is 0. The van der Waals surface area contributed by atoms with Crippen molar-refractivity contribution in [2.75, 3.05) is 19.7 Å². The minimum Gasteiger partial charge on any atom is -0.493 e. The molecule has 3 rings (SSSR count). The molecule has 0 bridgehead atoms.